The molecule has 8 nitrogen and oxygen atoms in total. The monoisotopic (exact) mass is 385 g/mol. The number of aliphatic carboxylic acids is 1. The maximum absolute atomic E-state index is 11.1. The van der Waals surface area contributed by atoms with Crippen molar-refractivity contribution in [2.45, 2.75) is 25.4 Å². The highest BCUT2D eigenvalue weighted by atomic mass is 32.2. The number of hydrogen-bond donors (Lipinski definition) is 2. The number of carbonyl (C=O) groups excluding carboxylic acids is 1. The Balaban J connectivity index is 1.70. The zero-order chi connectivity index (χ0) is 18.9. The minimum absolute atomic E-state index is 0.155. The molecule has 1 aliphatic heterocycles. The van der Waals surface area contributed by atoms with Crippen LogP contribution in [0.1, 0.15) is 6.92 Å². The molecule has 3 atom stereocenters. The Hall–Kier alpha value is -1.97. The summed E-state index contributed by atoms with van der Waals surface area (Å²) in [6, 6.07) is 6.40. The van der Waals surface area contributed by atoms with Gasteiger partial charge in [-0.3, -0.25) is 4.79 Å². The SMILES string of the molecule is COc1ccccc1OCC1OCC(CSCC(NC(C)=O)C(=O)O)O1. The Morgan fingerprint density at radius 1 is 1.38 bits per heavy atom. The number of amides is 1. The fourth-order valence-electron chi connectivity index (χ4n) is 2.32. The van der Waals surface area contributed by atoms with E-state index < -0.39 is 18.3 Å². The Labute approximate surface area is 156 Å². The van der Waals surface area contributed by atoms with Gasteiger partial charge in [0.25, 0.3) is 0 Å². The van der Waals surface area contributed by atoms with Crippen LogP contribution in [0.15, 0.2) is 24.3 Å². The molecule has 1 amide bonds. The van der Waals surface area contributed by atoms with Crippen LogP contribution in [-0.2, 0) is 19.1 Å². The molecule has 9 heteroatoms. The van der Waals surface area contributed by atoms with Gasteiger partial charge in [0.05, 0.1) is 19.8 Å². The zero-order valence-corrected chi connectivity index (χ0v) is 15.5. The highest BCUT2D eigenvalue weighted by Gasteiger charge is 2.27. The van der Waals surface area contributed by atoms with Gasteiger partial charge in [0, 0.05) is 18.4 Å². The van der Waals surface area contributed by atoms with Crippen molar-refractivity contribution in [1.29, 1.82) is 0 Å². The van der Waals surface area contributed by atoms with Gasteiger partial charge in [0.2, 0.25) is 5.91 Å². The normalized spacial score (nSPS) is 20.4. The van der Waals surface area contributed by atoms with E-state index in [0.29, 0.717) is 23.9 Å². The number of carboxylic acid groups (broad SMARTS) is 1. The third-order valence-corrected chi connectivity index (χ3v) is 4.70. The summed E-state index contributed by atoms with van der Waals surface area (Å²) in [6.45, 7) is 1.93. The largest absolute Gasteiger partial charge is 0.493 e. The number of carboxylic acids is 1. The molecule has 2 rings (SSSR count). The summed E-state index contributed by atoms with van der Waals surface area (Å²) in [6.07, 6.45) is -0.644. The second kappa shape index (κ2) is 10.2. The summed E-state index contributed by atoms with van der Waals surface area (Å²) in [4.78, 5) is 22.1. The molecular weight excluding hydrogens is 362 g/mol. The summed E-state index contributed by atoms with van der Waals surface area (Å²) in [7, 11) is 1.57. The first-order valence-electron chi connectivity index (χ1n) is 8.10. The molecular formula is C17H23NO7S. The maximum Gasteiger partial charge on any atom is 0.327 e. The van der Waals surface area contributed by atoms with E-state index in [1.54, 1.807) is 19.2 Å². The molecule has 0 spiro atoms. The molecule has 26 heavy (non-hydrogen) atoms. The first kappa shape index (κ1) is 20.3. The molecule has 1 saturated heterocycles. The van der Waals surface area contributed by atoms with E-state index in [-0.39, 0.29) is 24.4 Å². The first-order chi connectivity index (χ1) is 12.5. The summed E-state index contributed by atoms with van der Waals surface area (Å²) in [5, 5.41) is 11.5. The van der Waals surface area contributed by atoms with Crippen molar-refractivity contribution in [2.24, 2.45) is 0 Å². The summed E-state index contributed by atoms with van der Waals surface area (Å²) < 4.78 is 22.2. The van der Waals surface area contributed by atoms with Crippen LogP contribution in [-0.4, -0.2) is 67.2 Å². The smallest absolute Gasteiger partial charge is 0.327 e. The Bertz CT molecular complexity index is 613. The third kappa shape index (κ3) is 6.40. The van der Waals surface area contributed by atoms with E-state index in [1.807, 2.05) is 12.1 Å². The second-order valence-electron chi connectivity index (χ2n) is 5.61. The number of para-hydroxylation sites is 2. The maximum atomic E-state index is 11.1. The number of methoxy groups -OCH3 is 1. The minimum Gasteiger partial charge on any atom is -0.493 e. The van der Waals surface area contributed by atoms with Crippen LogP contribution in [0.2, 0.25) is 0 Å². The lowest BCUT2D eigenvalue weighted by Crippen LogP contribution is -2.41. The molecule has 1 aromatic carbocycles. The molecule has 1 heterocycles. The van der Waals surface area contributed by atoms with Crippen LogP contribution in [0.5, 0.6) is 11.5 Å². The van der Waals surface area contributed by atoms with Crippen LogP contribution >= 0.6 is 11.8 Å². The second-order valence-corrected chi connectivity index (χ2v) is 6.69. The summed E-state index contributed by atoms with van der Waals surface area (Å²) >= 11 is 1.39. The van der Waals surface area contributed by atoms with Gasteiger partial charge in [-0.25, -0.2) is 4.79 Å². The molecule has 1 aromatic rings. The molecule has 0 aromatic heterocycles. The third-order valence-electron chi connectivity index (χ3n) is 3.52. The van der Waals surface area contributed by atoms with Gasteiger partial charge < -0.3 is 29.4 Å². The van der Waals surface area contributed by atoms with Gasteiger partial charge >= 0.3 is 5.97 Å². The van der Waals surface area contributed by atoms with Crippen molar-refractivity contribution in [3.63, 3.8) is 0 Å². The van der Waals surface area contributed by atoms with Gasteiger partial charge in [0.15, 0.2) is 17.8 Å². The van der Waals surface area contributed by atoms with Gasteiger partial charge in [-0.2, -0.15) is 11.8 Å². The highest BCUT2D eigenvalue weighted by molar-refractivity contribution is 7.99. The number of hydrogen-bond acceptors (Lipinski definition) is 7. The van der Waals surface area contributed by atoms with Crippen LogP contribution in [0.3, 0.4) is 0 Å². The Morgan fingerprint density at radius 3 is 2.77 bits per heavy atom. The summed E-state index contributed by atoms with van der Waals surface area (Å²) in [5.74, 6) is 0.646. The number of nitrogens with one attached hydrogen (secondary N) is 1. The average Bonchev–Trinajstić information content (AvgIpc) is 3.06. The first-order valence-corrected chi connectivity index (χ1v) is 9.25. The molecule has 0 saturated carbocycles. The number of carbonyl (C=O) groups is 2. The van der Waals surface area contributed by atoms with Gasteiger partial charge in [0.1, 0.15) is 12.6 Å². The van der Waals surface area contributed by atoms with E-state index in [2.05, 4.69) is 5.32 Å². The minimum atomic E-state index is -1.06. The van der Waals surface area contributed by atoms with E-state index in [9.17, 15) is 9.59 Å². The molecule has 1 fully saturated rings. The quantitative estimate of drug-likeness (QED) is 0.618. The van der Waals surface area contributed by atoms with Crippen LogP contribution in [0, 0.1) is 0 Å². The highest BCUT2D eigenvalue weighted by Crippen LogP contribution is 2.26. The fourth-order valence-corrected chi connectivity index (χ4v) is 3.35. The molecule has 144 valence electrons. The van der Waals surface area contributed by atoms with Crippen LogP contribution in [0.4, 0.5) is 0 Å². The number of benzene rings is 1. The molecule has 3 unspecified atom stereocenters. The Kier molecular flexibility index (Phi) is 8.02. The predicted octanol–water partition coefficient (Wildman–Crippen LogP) is 1.14. The lowest BCUT2D eigenvalue weighted by Gasteiger charge is -2.15. The Morgan fingerprint density at radius 2 is 2.12 bits per heavy atom. The predicted molar refractivity (Wildman–Crippen MR) is 95.7 cm³/mol. The van der Waals surface area contributed by atoms with Gasteiger partial charge in [-0.15, -0.1) is 0 Å². The van der Waals surface area contributed by atoms with Crippen molar-refractivity contribution in [1.82, 2.24) is 5.32 Å². The van der Waals surface area contributed by atoms with Crippen LogP contribution in [0.25, 0.3) is 0 Å². The molecule has 0 aliphatic carbocycles. The topological polar surface area (TPSA) is 103 Å². The van der Waals surface area contributed by atoms with Gasteiger partial charge in [-0.1, -0.05) is 12.1 Å². The van der Waals surface area contributed by atoms with E-state index in [4.69, 9.17) is 24.1 Å². The van der Waals surface area contributed by atoms with E-state index >= 15 is 0 Å². The lowest BCUT2D eigenvalue weighted by molar-refractivity contribution is -0.140. The molecule has 1 aliphatic rings. The standard InChI is InChI=1S/C17H23NO7S/c1-11(19)18-13(17(20)21)10-26-9-12-7-24-16(25-12)8-23-15-6-4-3-5-14(15)22-2/h3-6,12-13,16H,7-10H2,1-2H3,(H,18,19)(H,20,21). The number of ether oxygens (including phenoxy) is 4. The molecule has 0 bridgehead atoms. The molecule has 0 radical (unpaired) electrons. The van der Waals surface area contributed by atoms with E-state index in [0.717, 1.165) is 0 Å². The van der Waals surface area contributed by atoms with Crippen molar-refractivity contribution >= 4 is 23.6 Å². The zero-order valence-electron chi connectivity index (χ0n) is 14.7. The summed E-state index contributed by atoms with van der Waals surface area (Å²) in [5.41, 5.74) is 0. The lowest BCUT2D eigenvalue weighted by atomic mass is 10.3. The fraction of sp³-hybridized carbons (Fsp3) is 0.529. The number of thioether (sulfide) groups is 1. The molecule has 2 N–H and O–H groups in total. The van der Waals surface area contributed by atoms with Crippen LogP contribution < -0.4 is 14.8 Å². The van der Waals surface area contributed by atoms with Crippen molar-refractivity contribution < 1.29 is 33.6 Å². The average molecular weight is 385 g/mol. The van der Waals surface area contributed by atoms with Crippen molar-refractivity contribution in [3.05, 3.63) is 24.3 Å². The number of rotatable bonds is 10. The van der Waals surface area contributed by atoms with Crippen molar-refractivity contribution in [3.8, 4) is 11.5 Å². The van der Waals surface area contributed by atoms with Crippen molar-refractivity contribution in [2.75, 3.05) is 31.8 Å². The van der Waals surface area contributed by atoms with Gasteiger partial charge in [-0.05, 0) is 12.1 Å². The van der Waals surface area contributed by atoms with E-state index in [1.165, 1.54) is 18.7 Å².